The average Bonchev–Trinajstić information content (AvgIpc) is 1.99. The van der Waals surface area contributed by atoms with E-state index in [9.17, 15) is 0 Å². The topological polar surface area (TPSA) is 38.4 Å². The third-order valence-electron chi connectivity index (χ3n) is 1.07. The summed E-state index contributed by atoms with van der Waals surface area (Å²) in [5.41, 5.74) is 6.09. The minimum atomic E-state index is 0.521. The van der Waals surface area contributed by atoms with Gasteiger partial charge in [0.1, 0.15) is 0 Å². The van der Waals surface area contributed by atoms with Crippen LogP contribution in [0.3, 0.4) is 0 Å². The van der Waals surface area contributed by atoms with E-state index in [1.165, 1.54) is 6.20 Å². The molecule has 58 valence electrons. The lowest BCUT2D eigenvalue weighted by molar-refractivity contribution is 1.05. The van der Waals surface area contributed by atoms with Crippen LogP contribution in [0.5, 0.6) is 0 Å². The Labute approximate surface area is 75.7 Å². The van der Waals surface area contributed by atoms with Crippen LogP contribution in [0.15, 0.2) is 16.9 Å². The Morgan fingerprint density at radius 2 is 2.40 bits per heavy atom. The molecule has 0 saturated carbocycles. The van der Waals surface area contributed by atoms with Gasteiger partial charge in [-0.25, -0.2) is 0 Å². The van der Waals surface area contributed by atoms with Gasteiger partial charge in [-0.15, -0.1) is 0 Å². The molecular formula is C7H13IN2. The highest BCUT2D eigenvalue weighted by Crippen LogP contribution is 2.02. The van der Waals surface area contributed by atoms with Gasteiger partial charge < -0.3 is 5.73 Å². The molecule has 0 heterocycles. The predicted octanol–water partition coefficient (Wildman–Crippen LogP) is 2.09. The van der Waals surface area contributed by atoms with Gasteiger partial charge in [0.05, 0.1) is 5.70 Å². The monoisotopic (exact) mass is 252 g/mol. The number of halogens is 1. The molecular weight excluding hydrogens is 239 g/mol. The normalized spacial score (nSPS) is 16.1. The second kappa shape index (κ2) is 5.70. The number of alkyl halides is 1. The Morgan fingerprint density at radius 1 is 1.80 bits per heavy atom. The van der Waals surface area contributed by atoms with Crippen molar-refractivity contribution in [2.24, 2.45) is 10.7 Å². The van der Waals surface area contributed by atoms with Gasteiger partial charge in [-0.05, 0) is 13.3 Å². The van der Waals surface area contributed by atoms with Crippen LogP contribution in [0.25, 0.3) is 0 Å². The van der Waals surface area contributed by atoms with Crippen molar-refractivity contribution in [3.63, 3.8) is 0 Å². The van der Waals surface area contributed by atoms with E-state index in [2.05, 4.69) is 34.5 Å². The molecule has 0 fully saturated rings. The van der Waals surface area contributed by atoms with Gasteiger partial charge in [-0.1, -0.05) is 29.5 Å². The zero-order valence-corrected chi connectivity index (χ0v) is 8.50. The Balaban J connectivity index is 3.75. The summed E-state index contributed by atoms with van der Waals surface area (Å²) in [6, 6.07) is 0. The molecule has 0 aliphatic carbocycles. The lowest BCUT2D eigenvalue weighted by atomic mass is 10.4. The first-order valence-electron chi connectivity index (χ1n) is 3.27. The Hall–Kier alpha value is -0.0600. The first kappa shape index (κ1) is 9.94. The molecule has 0 aromatic heterocycles. The smallest absolute Gasteiger partial charge is 0.0523 e. The number of rotatable bonds is 3. The molecule has 0 amide bonds. The Bertz CT molecular complexity index is 141. The third kappa shape index (κ3) is 4.78. The number of hydrogen-bond acceptors (Lipinski definition) is 2. The first-order chi connectivity index (χ1) is 4.70. The van der Waals surface area contributed by atoms with Gasteiger partial charge in [0.25, 0.3) is 0 Å². The van der Waals surface area contributed by atoms with Crippen LogP contribution >= 0.6 is 22.6 Å². The van der Waals surface area contributed by atoms with E-state index in [-0.39, 0.29) is 0 Å². The molecule has 0 bridgehead atoms. The van der Waals surface area contributed by atoms with E-state index in [0.29, 0.717) is 3.92 Å². The van der Waals surface area contributed by atoms with E-state index in [1.54, 1.807) is 0 Å². The summed E-state index contributed by atoms with van der Waals surface area (Å²) in [6.45, 7) is 4.01. The fourth-order valence-corrected chi connectivity index (χ4v) is 0.508. The van der Waals surface area contributed by atoms with Crippen LogP contribution in [0, 0.1) is 0 Å². The number of nitrogens with zero attached hydrogens (tertiary/aromatic N) is 1. The fraction of sp³-hybridized carbons (Fsp3) is 0.571. The van der Waals surface area contributed by atoms with Crippen molar-refractivity contribution in [2.75, 3.05) is 0 Å². The summed E-state index contributed by atoms with van der Waals surface area (Å²) in [5, 5.41) is 0. The summed E-state index contributed by atoms with van der Waals surface area (Å²) in [7, 11) is 0. The van der Waals surface area contributed by atoms with Gasteiger partial charge >= 0.3 is 0 Å². The molecule has 0 aliphatic heterocycles. The molecule has 10 heavy (non-hydrogen) atoms. The molecule has 2 nitrogen and oxygen atoms in total. The van der Waals surface area contributed by atoms with E-state index in [1.807, 2.05) is 13.1 Å². The molecule has 0 rings (SSSR count). The van der Waals surface area contributed by atoms with Gasteiger partial charge in [-0.2, -0.15) is 0 Å². The summed E-state index contributed by atoms with van der Waals surface area (Å²) < 4.78 is 0.521. The maximum atomic E-state index is 5.22. The average molecular weight is 252 g/mol. The van der Waals surface area contributed by atoms with E-state index in [0.717, 1.165) is 12.1 Å². The third-order valence-corrected chi connectivity index (χ3v) is 2.27. The van der Waals surface area contributed by atoms with Crippen LogP contribution in [-0.2, 0) is 0 Å². The first-order valence-corrected chi connectivity index (χ1v) is 4.52. The molecule has 0 spiro atoms. The molecule has 1 unspecified atom stereocenters. The van der Waals surface area contributed by atoms with E-state index >= 15 is 0 Å². The standard InChI is InChI=1S/C7H13IN2/c1-3-7(8)5-10-6(2)4-9/h4-5,7H,3,9H2,1-2H3/b6-4-,10-5-. The summed E-state index contributed by atoms with van der Waals surface area (Å²) in [5.74, 6) is 0. The minimum absolute atomic E-state index is 0.521. The van der Waals surface area contributed by atoms with Crippen molar-refractivity contribution < 1.29 is 0 Å². The molecule has 2 N–H and O–H groups in total. The van der Waals surface area contributed by atoms with Crippen molar-refractivity contribution >= 4 is 28.8 Å². The SMILES string of the molecule is CCC(I)/C=N\C(C)=C/N. The van der Waals surface area contributed by atoms with Gasteiger partial charge in [0, 0.05) is 16.3 Å². The largest absolute Gasteiger partial charge is 0.403 e. The number of nitrogens with two attached hydrogens (primary N) is 1. The molecule has 0 radical (unpaired) electrons. The quantitative estimate of drug-likeness (QED) is 0.466. The lowest BCUT2D eigenvalue weighted by Crippen LogP contribution is -1.95. The van der Waals surface area contributed by atoms with E-state index < -0.39 is 0 Å². The van der Waals surface area contributed by atoms with Crippen molar-refractivity contribution in [2.45, 2.75) is 24.2 Å². The number of hydrogen-bond donors (Lipinski definition) is 1. The summed E-state index contributed by atoms with van der Waals surface area (Å²) in [4.78, 5) is 4.12. The minimum Gasteiger partial charge on any atom is -0.403 e. The highest BCUT2D eigenvalue weighted by molar-refractivity contribution is 14.1. The Morgan fingerprint density at radius 3 is 2.80 bits per heavy atom. The molecule has 0 aromatic rings. The molecule has 0 aromatic carbocycles. The maximum absolute atomic E-state index is 5.22. The van der Waals surface area contributed by atoms with Gasteiger partial charge in [0.2, 0.25) is 0 Å². The van der Waals surface area contributed by atoms with Crippen LogP contribution < -0.4 is 5.73 Å². The zero-order chi connectivity index (χ0) is 7.98. The van der Waals surface area contributed by atoms with Crippen molar-refractivity contribution in [1.29, 1.82) is 0 Å². The molecule has 1 atom stereocenters. The lowest BCUT2D eigenvalue weighted by Gasteiger charge is -1.95. The highest BCUT2D eigenvalue weighted by atomic mass is 127. The maximum Gasteiger partial charge on any atom is 0.0523 e. The van der Waals surface area contributed by atoms with Crippen LogP contribution in [0.4, 0.5) is 0 Å². The predicted molar refractivity (Wildman–Crippen MR) is 54.5 cm³/mol. The zero-order valence-electron chi connectivity index (χ0n) is 6.34. The van der Waals surface area contributed by atoms with Gasteiger partial charge in [-0.3, -0.25) is 4.99 Å². The van der Waals surface area contributed by atoms with Crippen LogP contribution in [0.1, 0.15) is 20.3 Å². The van der Waals surface area contributed by atoms with Crippen molar-refractivity contribution in [1.82, 2.24) is 0 Å². The summed E-state index contributed by atoms with van der Waals surface area (Å²) in [6.07, 6.45) is 4.54. The molecule has 0 aliphatic rings. The number of allylic oxidation sites excluding steroid dienone is 1. The van der Waals surface area contributed by atoms with E-state index in [4.69, 9.17) is 5.73 Å². The molecule has 0 saturated heterocycles. The van der Waals surface area contributed by atoms with Crippen molar-refractivity contribution in [3.05, 3.63) is 11.9 Å². The van der Waals surface area contributed by atoms with Gasteiger partial charge in [0.15, 0.2) is 0 Å². The second-order valence-electron chi connectivity index (χ2n) is 2.01. The molecule has 3 heteroatoms. The summed E-state index contributed by atoms with van der Waals surface area (Å²) >= 11 is 2.34. The number of aliphatic imine (C=N–C) groups is 1. The second-order valence-corrected chi connectivity index (χ2v) is 3.61. The Kier molecular flexibility index (Phi) is 5.67. The van der Waals surface area contributed by atoms with Crippen LogP contribution in [-0.4, -0.2) is 10.1 Å². The van der Waals surface area contributed by atoms with Crippen molar-refractivity contribution in [3.8, 4) is 0 Å². The highest BCUT2D eigenvalue weighted by Gasteiger charge is 1.92. The fourth-order valence-electron chi connectivity index (χ4n) is 0.347. The van der Waals surface area contributed by atoms with Crippen LogP contribution in [0.2, 0.25) is 0 Å².